The third-order valence-corrected chi connectivity index (χ3v) is 5.25. The lowest BCUT2D eigenvalue weighted by atomic mass is 9.75. The topological polar surface area (TPSA) is 44.8 Å². The SMILES string of the molecule is COc1cc2c(c(C(=O)OCCC3CC(C)CC(C)C3)c1)OCC2. The maximum absolute atomic E-state index is 12.5. The summed E-state index contributed by atoms with van der Waals surface area (Å²) in [5, 5.41) is 0. The quantitative estimate of drug-likeness (QED) is 0.756. The van der Waals surface area contributed by atoms with E-state index in [1.54, 1.807) is 13.2 Å². The molecule has 1 fully saturated rings. The van der Waals surface area contributed by atoms with E-state index in [2.05, 4.69) is 13.8 Å². The maximum Gasteiger partial charge on any atom is 0.342 e. The monoisotopic (exact) mass is 332 g/mol. The number of hydrogen-bond donors (Lipinski definition) is 0. The molecule has 132 valence electrons. The number of esters is 1. The van der Waals surface area contributed by atoms with E-state index in [4.69, 9.17) is 14.2 Å². The first-order chi connectivity index (χ1) is 11.6. The Labute approximate surface area is 144 Å². The van der Waals surface area contributed by atoms with Crippen LogP contribution in [0.2, 0.25) is 0 Å². The Morgan fingerprint density at radius 3 is 2.67 bits per heavy atom. The van der Waals surface area contributed by atoms with E-state index < -0.39 is 0 Å². The van der Waals surface area contributed by atoms with E-state index >= 15 is 0 Å². The van der Waals surface area contributed by atoms with Crippen molar-refractivity contribution < 1.29 is 19.0 Å². The van der Waals surface area contributed by atoms with Gasteiger partial charge in [0.05, 0.1) is 20.3 Å². The van der Waals surface area contributed by atoms with Gasteiger partial charge in [-0.05, 0) is 55.6 Å². The predicted octanol–water partition coefficient (Wildman–Crippen LogP) is 4.25. The fraction of sp³-hybridized carbons (Fsp3) is 0.650. The zero-order valence-electron chi connectivity index (χ0n) is 15.0. The van der Waals surface area contributed by atoms with Gasteiger partial charge in [-0.15, -0.1) is 0 Å². The second-order valence-corrected chi connectivity index (χ2v) is 7.47. The molecule has 0 bridgehead atoms. The van der Waals surface area contributed by atoms with Crippen LogP contribution in [0, 0.1) is 17.8 Å². The number of ether oxygens (including phenoxy) is 3. The third kappa shape index (κ3) is 3.85. The molecule has 3 rings (SSSR count). The summed E-state index contributed by atoms with van der Waals surface area (Å²) in [6.45, 7) is 5.74. The van der Waals surface area contributed by atoms with E-state index in [0.717, 1.165) is 30.2 Å². The first-order valence-corrected chi connectivity index (χ1v) is 9.07. The molecule has 0 N–H and O–H groups in total. The molecule has 0 aromatic heterocycles. The van der Waals surface area contributed by atoms with Gasteiger partial charge in [0.15, 0.2) is 0 Å². The van der Waals surface area contributed by atoms with Gasteiger partial charge in [-0.3, -0.25) is 0 Å². The van der Waals surface area contributed by atoms with Crippen molar-refractivity contribution in [2.75, 3.05) is 20.3 Å². The molecule has 1 aliphatic carbocycles. The number of carbonyl (C=O) groups excluding carboxylic acids is 1. The normalized spacial score (nSPS) is 25.7. The Hall–Kier alpha value is -1.71. The second kappa shape index (κ2) is 7.45. The van der Waals surface area contributed by atoms with Gasteiger partial charge in [-0.25, -0.2) is 4.79 Å². The molecule has 1 heterocycles. The molecule has 4 heteroatoms. The van der Waals surface area contributed by atoms with Crippen molar-refractivity contribution in [3.63, 3.8) is 0 Å². The van der Waals surface area contributed by atoms with E-state index in [-0.39, 0.29) is 5.97 Å². The minimum absolute atomic E-state index is 0.302. The zero-order chi connectivity index (χ0) is 17.1. The lowest BCUT2D eigenvalue weighted by Gasteiger charge is -2.31. The molecule has 1 aromatic rings. The Bertz CT molecular complexity index is 586. The summed E-state index contributed by atoms with van der Waals surface area (Å²) in [4.78, 5) is 12.5. The van der Waals surface area contributed by atoms with E-state index in [1.807, 2.05) is 6.07 Å². The van der Waals surface area contributed by atoms with Gasteiger partial charge in [0, 0.05) is 12.0 Å². The van der Waals surface area contributed by atoms with Crippen LogP contribution in [0.5, 0.6) is 11.5 Å². The minimum Gasteiger partial charge on any atom is -0.497 e. The summed E-state index contributed by atoms with van der Waals surface area (Å²) < 4.78 is 16.5. The van der Waals surface area contributed by atoms with Crippen LogP contribution in [0.25, 0.3) is 0 Å². The number of fused-ring (bicyclic) bond motifs is 1. The third-order valence-electron chi connectivity index (χ3n) is 5.25. The number of carbonyl (C=O) groups is 1. The zero-order valence-corrected chi connectivity index (χ0v) is 15.0. The molecular formula is C20H28O4. The van der Waals surface area contributed by atoms with Gasteiger partial charge in [-0.1, -0.05) is 13.8 Å². The highest BCUT2D eigenvalue weighted by molar-refractivity contribution is 5.93. The van der Waals surface area contributed by atoms with Crippen LogP contribution in [0.1, 0.15) is 55.5 Å². The molecular weight excluding hydrogens is 304 g/mol. The fourth-order valence-corrected chi connectivity index (χ4v) is 4.29. The molecule has 4 nitrogen and oxygen atoms in total. The average Bonchev–Trinajstić information content (AvgIpc) is 3.01. The van der Waals surface area contributed by atoms with Gasteiger partial charge in [-0.2, -0.15) is 0 Å². The summed E-state index contributed by atoms with van der Waals surface area (Å²) in [6.07, 6.45) is 5.58. The molecule has 2 atom stereocenters. The number of benzene rings is 1. The maximum atomic E-state index is 12.5. The van der Waals surface area contributed by atoms with Crippen molar-refractivity contribution in [2.45, 2.75) is 46.0 Å². The highest BCUT2D eigenvalue weighted by atomic mass is 16.5. The van der Waals surface area contributed by atoms with Crippen LogP contribution in [-0.4, -0.2) is 26.3 Å². The number of methoxy groups -OCH3 is 1. The van der Waals surface area contributed by atoms with Gasteiger partial charge < -0.3 is 14.2 Å². The summed E-state index contributed by atoms with van der Waals surface area (Å²) in [6, 6.07) is 3.65. The molecule has 0 amide bonds. The molecule has 0 spiro atoms. The smallest absolute Gasteiger partial charge is 0.342 e. The fourth-order valence-electron chi connectivity index (χ4n) is 4.29. The molecule has 1 saturated carbocycles. The molecule has 2 unspecified atom stereocenters. The molecule has 2 aliphatic rings. The summed E-state index contributed by atoms with van der Waals surface area (Å²) in [5.41, 5.74) is 1.52. The second-order valence-electron chi connectivity index (χ2n) is 7.47. The lowest BCUT2D eigenvalue weighted by Crippen LogP contribution is -2.21. The van der Waals surface area contributed by atoms with Crippen LogP contribution in [-0.2, 0) is 11.2 Å². The van der Waals surface area contributed by atoms with E-state index in [9.17, 15) is 4.79 Å². The lowest BCUT2D eigenvalue weighted by molar-refractivity contribution is 0.0458. The van der Waals surface area contributed by atoms with Gasteiger partial charge in [0.25, 0.3) is 0 Å². The predicted molar refractivity (Wildman–Crippen MR) is 92.8 cm³/mol. The minimum atomic E-state index is -0.302. The average molecular weight is 332 g/mol. The number of hydrogen-bond acceptors (Lipinski definition) is 4. The van der Waals surface area contributed by atoms with Crippen LogP contribution in [0.15, 0.2) is 12.1 Å². The Balaban J connectivity index is 1.59. The molecule has 0 saturated heterocycles. The molecule has 1 aliphatic heterocycles. The Morgan fingerprint density at radius 2 is 1.96 bits per heavy atom. The van der Waals surface area contributed by atoms with Gasteiger partial charge in [0.1, 0.15) is 17.1 Å². The van der Waals surface area contributed by atoms with Crippen molar-refractivity contribution in [2.24, 2.45) is 17.8 Å². The van der Waals surface area contributed by atoms with Crippen LogP contribution in [0.4, 0.5) is 0 Å². The number of rotatable bonds is 5. The van der Waals surface area contributed by atoms with E-state index in [0.29, 0.717) is 36.2 Å². The van der Waals surface area contributed by atoms with Crippen LogP contribution in [0.3, 0.4) is 0 Å². The summed E-state index contributed by atoms with van der Waals surface area (Å²) in [5.74, 6) is 3.28. The van der Waals surface area contributed by atoms with Crippen molar-refractivity contribution in [1.82, 2.24) is 0 Å². The van der Waals surface area contributed by atoms with Crippen LogP contribution < -0.4 is 9.47 Å². The largest absolute Gasteiger partial charge is 0.497 e. The van der Waals surface area contributed by atoms with Crippen molar-refractivity contribution >= 4 is 5.97 Å². The summed E-state index contributed by atoms with van der Waals surface area (Å²) >= 11 is 0. The Morgan fingerprint density at radius 1 is 1.21 bits per heavy atom. The van der Waals surface area contributed by atoms with Gasteiger partial charge in [0.2, 0.25) is 0 Å². The van der Waals surface area contributed by atoms with Gasteiger partial charge >= 0.3 is 5.97 Å². The highest BCUT2D eigenvalue weighted by Gasteiger charge is 2.26. The first-order valence-electron chi connectivity index (χ1n) is 9.07. The standard InChI is InChI=1S/C20H28O4/c1-13-8-14(2)10-15(9-13)4-6-24-20(21)18-12-17(22-3)11-16-5-7-23-19(16)18/h11-15H,4-10H2,1-3H3. The van der Waals surface area contributed by atoms with Crippen molar-refractivity contribution in [3.8, 4) is 11.5 Å². The molecule has 24 heavy (non-hydrogen) atoms. The first kappa shape index (κ1) is 17.1. The molecule has 1 aromatic carbocycles. The van der Waals surface area contributed by atoms with Crippen molar-refractivity contribution in [1.29, 1.82) is 0 Å². The molecule has 0 radical (unpaired) electrons. The summed E-state index contributed by atoms with van der Waals surface area (Å²) in [7, 11) is 1.61. The van der Waals surface area contributed by atoms with E-state index in [1.165, 1.54) is 19.3 Å². The Kier molecular flexibility index (Phi) is 5.32. The highest BCUT2D eigenvalue weighted by Crippen LogP contribution is 2.36. The van der Waals surface area contributed by atoms with Crippen LogP contribution >= 0.6 is 0 Å². The van der Waals surface area contributed by atoms with Crippen molar-refractivity contribution in [3.05, 3.63) is 23.3 Å².